The molecule has 0 unspecified atom stereocenters. The van der Waals surface area contributed by atoms with E-state index in [0.717, 1.165) is 11.8 Å². The molecule has 0 spiro atoms. The Morgan fingerprint density at radius 2 is 1.67 bits per heavy atom. The largest absolute Gasteiger partial charge is 0.335 e. The summed E-state index contributed by atoms with van der Waals surface area (Å²) >= 11 is 0. The van der Waals surface area contributed by atoms with Crippen molar-refractivity contribution < 1.29 is 17.2 Å². The van der Waals surface area contributed by atoms with Crippen LogP contribution in [0.3, 0.4) is 0 Å². The number of nitrogens with zero attached hydrogens (tertiary/aromatic N) is 6. The molecule has 10 nitrogen and oxygen atoms in total. The van der Waals surface area contributed by atoms with Gasteiger partial charge in [0, 0.05) is 42.5 Å². The van der Waals surface area contributed by atoms with E-state index in [1.165, 1.54) is 18.3 Å². The second-order valence-electron chi connectivity index (χ2n) is 10.5. The first-order valence-corrected chi connectivity index (χ1v) is 15.0. The van der Waals surface area contributed by atoms with Crippen LogP contribution in [0.15, 0.2) is 55.2 Å². The van der Waals surface area contributed by atoms with E-state index in [0.29, 0.717) is 45.3 Å². The van der Waals surface area contributed by atoms with Gasteiger partial charge in [-0.05, 0) is 55.4 Å². The van der Waals surface area contributed by atoms with Gasteiger partial charge in [-0.15, -0.1) is 0 Å². The monoisotopic (exact) mass is 588 g/mol. The van der Waals surface area contributed by atoms with Crippen molar-refractivity contribution >= 4 is 31.8 Å². The molecule has 0 amide bonds. The molecule has 0 saturated heterocycles. The molecule has 0 bridgehead atoms. The number of hydrogen-bond acceptors (Lipinski definition) is 8. The number of benzene rings is 1. The van der Waals surface area contributed by atoms with E-state index in [1.807, 2.05) is 25.1 Å². The van der Waals surface area contributed by atoms with E-state index in [1.54, 1.807) is 30.9 Å². The Hall–Kier alpha value is -4.62. The molecule has 0 fully saturated rings. The van der Waals surface area contributed by atoms with E-state index in [9.17, 15) is 12.8 Å². The summed E-state index contributed by atoms with van der Waals surface area (Å²) in [4.78, 5) is 22.7. The Labute approximate surface area is 239 Å². The molecule has 5 aromatic heterocycles. The van der Waals surface area contributed by atoms with Gasteiger partial charge in [-0.25, -0.2) is 22.2 Å². The Kier molecular flexibility index (Phi) is 6.99. The smallest absolute Gasteiger partial charge is 0.161 e. The SMILES string of the molecule is CN(C)Cc1cncc(-c2ncc3[nH]nc(-c4nc5c(-c6cc(F)cc(CCS(C)(=O)=O)c6)cncc5[nH]4)c3c2F)c1. The number of fused-ring (bicyclic) bond motifs is 2. The normalized spacial score (nSPS) is 12.1. The van der Waals surface area contributed by atoms with Crippen molar-refractivity contribution in [2.75, 3.05) is 26.1 Å². The van der Waals surface area contributed by atoms with Gasteiger partial charge in [-0.3, -0.25) is 20.1 Å². The van der Waals surface area contributed by atoms with Gasteiger partial charge in [-0.2, -0.15) is 5.10 Å². The van der Waals surface area contributed by atoms with Crippen LogP contribution in [0.4, 0.5) is 8.78 Å². The van der Waals surface area contributed by atoms with Crippen molar-refractivity contribution in [3.05, 3.63) is 78.0 Å². The summed E-state index contributed by atoms with van der Waals surface area (Å²) in [6, 6.07) is 6.23. The number of imidazole rings is 1. The van der Waals surface area contributed by atoms with E-state index in [2.05, 4.69) is 30.1 Å². The maximum Gasteiger partial charge on any atom is 0.161 e. The number of sulfone groups is 1. The first kappa shape index (κ1) is 27.5. The molecule has 0 aliphatic rings. The lowest BCUT2D eigenvalue weighted by Crippen LogP contribution is -2.10. The summed E-state index contributed by atoms with van der Waals surface area (Å²) in [5, 5.41) is 7.37. The summed E-state index contributed by atoms with van der Waals surface area (Å²) in [6.07, 6.45) is 9.25. The highest BCUT2D eigenvalue weighted by molar-refractivity contribution is 7.90. The average Bonchev–Trinajstić information content (AvgIpc) is 3.56. The summed E-state index contributed by atoms with van der Waals surface area (Å²) in [5.74, 6) is -0.891. The molecule has 42 heavy (non-hydrogen) atoms. The molecule has 0 atom stereocenters. The fourth-order valence-corrected chi connectivity index (χ4v) is 5.53. The molecular formula is C29H26F2N8O2S. The molecule has 0 aliphatic carbocycles. The highest BCUT2D eigenvalue weighted by atomic mass is 32.2. The molecule has 214 valence electrons. The lowest BCUT2D eigenvalue weighted by atomic mass is 10.0. The van der Waals surface area contributed by atoms with E-state index >= 15 is 4.39 Å². The molecule has 0 saturated carbocycles. The maximum absolute atomic E-state index is 16.1. The molecule has 0 aliphatic heterocycles. The predicted molar refractivity (Wildman–Crippen MR) is 156 cm³/mol. The molecule has 6 aromatic rings. The number of aromatic nitrogens is 7. The van der Waals surface area contributed by atoms with Crippen molar-refractivity contribution in [1.82, 2.24) is 40.0 Å². The Balaban J connectivity index is 1.43. The van der Waals surface area contributed by atoms with Crippen molar-refractivity contribution in [3.63, 3.8) is 0 Å². The zero-order chi connectivity index (χ0) is 29.6. The highest BCUT2D eigenvalue weighted by Crippen LogP contribution is 2.34. The number of aryl methyl sites for hydroxylation is 1. The Morgan fingerprint density at radius 3 is 2.45 bits per heavy atom. The molecule has 0 radical (unpaired) electrons. The van der Waals surface area contributed by atoms with Gasteiger partial charge in [0.1, 0.15) is 27.0 Å². The van der Waals surface area contributed by atoms with Crippen molar-refractivity contribution in [2.45, 2.75) is 13.0 Å². The van der Waals surface area contributed by atoms with Crippen LogP contribution in [0.5, 0.6) is 0 Å². The van der Waals surface area contributed by atoms with Crippen LogP contribution in [0.25, 0.3) is 55.8 Å². The van der Waals surface area contributed by atoms with E-state index in [-0.39, 0.29) is 34.8 Å². The quantitative estimate of drug-likeness (QED) is 0.265. The molecular weight excluding hydrogens is 562 g/mol. The fourth-order valence-electron chi connectivity index (χ4n) is 4.93. The Morgan fingerprint density at radius 1 is 0.881 bits per heavy atom. The van der Waals surface area contributed by atoms with E-state index in [4.69, 9.17) is 4.98 Å². The van der Waals surface area contributed by atoms with Gasteiger partial charge in [0.2, 0.25) is 0 Å². The second kappa shape index (κ2) is 10.7. The minimum absolute atomic E-state index is 0.102. The lowest BCUT2D eigenvalue weighted by molar-refractivity contribution is 0.402. The standard InChI is InChI=1S/C29H26F2N8O2S/c1-39(2)15-17-7-19(11-32-10-17)26-25(31)24-22(14-34-26)37-38-28(24)29-35-23-13-33-12-21(27(23)36-29)18-6-16(8-20(30)9-18)4-5-42(3,40)41/h6-14H,4-5,15H2,1-3H3,(H,35,36)(H,37,38). The number of pyridine rings is 3. The third-order valence-corrected chi connectivity index (χ3v) is 7.71. The second-order valence-corrected chi connectivity index (χ2v) is 12.8. The first-order chi connectivity index (χ1) is 20.1. The van der Waals surface area contributed by atoms with Crippen LogP contribution < -0.4 is 0 Å². The van der Waals surface area contributed by atoms with Gasteiger partial charge in [0.05, 0.1) is 40.1 Å². The molecule has 6 rings (SSSR count). The zero-order valence-corrected chi connectivity index (χ0v) is 23.8. The van der Waals surface area contributed by atoms with Crippen LogP contribution in [0.1, 0.15) is 11.1 Å². The van der Waals surface area contributed by atoms with Gasteiger partial charge in [-0.1, -0.05) is 6.07 Å². The number of hydrogen-bond donors (Lipinski definition) is 2. The van der Waals surface area contributed by atoms with Crippen LogP contribution in [-0.2, 0) is 22.8 Å². The minimum Gasteiger partial charge on any atom is -0.335 e. The topological polar surface area (TPSA) is 133 Å². The number of halogens is 2. The van der Waals surface area contributed by atoms with Gasteiger partial charge >= 0.3 is 0 Å². The number of aromatic amines is 2. The van der Waals surface area contributed by atoms with Gasteiger partial charge < -0.3 is 9.88 Å². The summed E-state index contributed by atoms with van der Waals surface area (Å²) < 4.78 is 53.9. The third-order valence-electron chi connectivity index (χ3n) is 6.76. The summed E-state index contributed by atoms with van der Waals surface area (Å²) in [6.45, 7) is 0.640. The van der Waals surface area contributed by atoms with Crippen LogP contribution in [0, 0.1) is 11.6 Å². The number of rotatable bonds is 8. The number of nitrogens with one attached hydrogen (secondary N) is 2. The van der Waals surface area contributed by atoms with Crippen molar-refractivity contribution in [2.24, 2.45) is 0 Å². The molecule has 2 N–H and O–H groups in total. The molecule has 5 heterocycles. The highest BCUT2D eigenvalue weighted by Gasteiger charge is 2.22. The third kappa shape index (κ3) is 5.48. The maximum atomic E-state index is 16.1. The fraction of sp³-hybridized carbons (Fsp3) is 0.207. The summed E-state index contributed by atoms with van der Waals surface area (Å²) in [5.41, 5.74) is 4.80. The Bertz CT molecular complexity index is 2070. The minimum atomic E-state index is -3.22. The summed E-state index contributed by atoms with van der Waals surface area (Å²) in [7, 11) is 0.659. The number of H-pyrrole nitrogens is 2. The molecule has 1 aromatic carbocycles. The predicted octanol–water partition coefficient (Wildman–Crippen LogP) is 4.55. The van der Waals surface area contributed by atoms with Crippen LogP contribution in [0.2, 0.25) is 0 Å². The van der Waals surface area contributed by atoms with Crippen LogP contribution in [-0.4, -0.2) is 74.5 Å². The lowest BCUT2D eigenvalue weighted by Gasteiger charge is -2.10. The van der Waals surface area contributed by atoms with E-state index < -0.39 is 21.5 Å². The molecule has 13 heteroatoms. The van der Waals surface area contributed by atoms with Crippen molar-refractivity contribution in [1.29, 1.82) is 0 Å². The van der Waals surface area contributed by atoms with Gasteiger partial charge in [0.15, 0.2) is 11.6 Å². The average molecular weight is 589 g/mol. The van der Waals surface area contributed by atoms with Gasteiger partial charge in [0.25, 0.3) is 0 Å². The zero-order valence-electron chi connectivity index (χ0n) is 23.0. The first-order valence-electron chi connectivity index (χ1n) is 13.0. The van der Waals surface area contributed by atoms with Crippen molar-refractivity contribution in [3.8, 4) is 33.9 Å². The van der Waals surface area contributed by atoms with Crippen LogP contribution >= 0.6 is 0 Å².